The van der Waals surface area contributed by atoms with E-state index in [0.29, 0.717) is 24.1 Å². The molecule has 0 aromatic carbocycles. The number of carbonyl (C=O) groups is 2. The first-order chi connectivity index (χ1) is 11.5. The number of amides is 1. The molecule has 1 fully saturated rings. The van der Waals surface area contributed by atoms with E-state index in [1.807, 2.05) is 14.0 Å². The number of hydrogen-bond donors (Lipinski definition) is 1. The molecule has 3 heterocycles. The number of thioether (sulfide) groups is 1. The fraction of sp³-hybridized carbons (Fsp3) is 0.533. The lowest BCUT2D eigenvalue weighted by Crippen LogP contribution is -2.43. The number of H-pyrrole nitrogens is 1. The number of ketones is 1. The van der Waals surface area contributed by atoms with Crippen LogP contribution in [0.15, 0.2) is 17.6 Å². The molecule has 0 saturated carbocycles. The second kappa shape index (κ2) is 7.16. The van der Waals surface area contributed by atoms with Crippen LogP contribution in [0, 0.1) is 12.8 Å². The summed E-state index contributed by atoms with van der Waals surface area (Å²) in [6.07, 6.45) is 5.00. The molecule has 0 spiro atoms. The number of aryl methyl sites for hydroxylation is 2. The number of piperidine rings is 1. The Morgan fingerprint density at radius 2 is 2.29 bits per heavy atom. The van der Waals surface area contributed by atoms with Crippen molar-refractivity contribution in [3.8, 4) is 0 Å². The first-order valence-corrected chi connectivity index (χ1v) is 8.84. The van der Waals surface area contributed by atoms with Gasteiger partial charge in [-0.25, -0.2) is 9.97 Å². The standard InChI is InChI=1S/C15H20N6O2S/c1-10-17-15(19-18-10)24-9-12(22)21-6-3-4-11(8-21)13(23)14-16-5-7-20(14)2/h5,7,11H,3-4,6,8-9H2,1-2H3,(H,17,18,19). The molecule has 1 aliphatic rings. The number of likely N-dealkylation sites (tertiary alicyclic amines) is 1. The number of aromatic amines is 1. The Morgan fingerprint density at radius 3 is 2.96 bits per heavy atom. The van der Waals surface area contributed by atoms with E-state index in [1.54, 1.807) is 21.9 Å². The van der Waals surface area contributed by atoms with E-state index in [1.165, 1.54) is 11.8 Å². The zero-order valence-corrected chi connectivity index (χ0v) is 14.5. The lowest BCUT2D eigenvalue weighted by molar-refractivity contribution is -0.129. The highest BCUT2D eigenvalue weighted by Crippen LogP contribution is 2.22. The Labute approximate surface area is 144 Å². The smallest absolute Gasteiger partial charge is 0.233 e. The number of aromatic nitrogens is 5. The van der Waals surface area contributed by atoms with E-state index in [4.69, 9.17) is 0 Å². The van der Waals surface area contributed by atoms with Crippen LogP contribution in [0.1, 0.15) is 29.3 Å². The van der Waals surface area contributed by atoms with Gasteiger partial charge in [0.2, 0.25) is 16.8 Å². The molecule has 128 valence electrons. The van der Waals surface area contributed by atoms with Gasteiger partial charge >= 0.3 is 0 Å². The first kappa shape index (κ1) is 16.7. The Morgan fingerprint density at radius 1 is 1.46 bits per heavy atom. The Balaban J connectivity index is 1.57. The Kier molecular flexibility index (Phi) is 4.98. The number of rotatable bonds is 5. The highest BCUT2D eigenvalue weighted by Gasteiger charge is 2.30. The SMILES string of the molecule is Cc1nc(SCC(=O)N2CCCC(C(=O)c3nccn3C)C2)n[nH]1. The van der Waals surface area contributed by atoms with Crippen molar-refractivity contribution < 1.29 is 9.59 Å². The van der Waals surface area contributed by atoms with Crippen LogP contribution in [0.4, 0.5) is 0 Å². The molecule has 1 saturated heterocycles. The molecule has 1 atom stereocenters. The third-order valence-electron chi connectivity index (χ3n) is 4.09. The number of hydrogen-bond acceptors (Lipinski definition) is 6. The molecule has 1 N–H and O–H groups in total. The van der Waals surface area contributed by atoms with Crippen molar-refractivity contribution >= 4 is 23.5 Å². The Bertz CT molecular complexity index is 740. The van der Waals surface area contributed by atoms with Gasteiger partial charge in [0.1, 0.15) is 5.82 Å². The van der Waals surface area contributed by atoms with Crippen LogP contribution in [0.2, 0.25) is 0 Å². The van der Waals surface area contributed by atoms with Gasteiger partial charge in [-0.2, -0.15) is 0 Å². The summed E-state index contributed by atoms with van der Waals surface area (Å²) in [5.41, 5.74) is 0. The van der Waals surface area contributed by atoms with E-state index in [0.717, 1.165) is 18.7 Å². The molecule has 1 unspecified atom stereocenters. The molecule has 8 nitrogen and oxygen atoms in total. The molecule has 0 radical (unpaired) electrons. The summed E-state index contributed by atoms with van der Waals surface area (Å²) in [5.74, 6) is 1.31. The number of carbonyl (C=O) groups excluding carboxylic acids is 2. The van der Waals surface area contributed by atoms with E-state index in [2.05, 4.69) is 20.2 Å². The average Bonchev–Trinajstić information content (AvgIpc) is 3.20. The van der Waals surface area contributed by atoms with Crippen LogP contribution in [0.25, 0.3) is 0 Å². The molecule has 0 bridgehead atoms. The van der Waals surface area contributed by atoms with Crippen LogP contribution in [-0.2, 0) is 11.8 Å². The zero-order valence-electron chi connectivity index (χ0n) is 13.7. The summed E-state index contributed by atoms with van der Waals surface area (Å²) in [7, 11) is 1.81. The van der Waals surface area contributed by atoms with Gasteiger partial charge in [0.05, 0.1) is 5.75 Å². The van der Waals surface area contributed by atoms with Crippen molar-refractivity contribution in [1.29, 1.82) is 0 Å². The van der Waals surface area contributed by atoms with E-state index >= 15 is 0 Å². The molecule has 2 aromatic heterocycles. The van der Waals surface area contributed by atoms with Crippen LogP contribution in [0.3, 0.4) is 0 Å². The molecule has 0 aliphatic carbocycles. The quantitative estimate of drug-likeness (QED) is 0.641. The monoisotopic (exact) mass is 348 g/mol. The predicted octanol–water partition coefficient (Wildman–Crippen LogP) is 1.06. The van der Waals surface area contributed by atoms with Gasteiger partial charge in [0, 0.05) is 38.4 Å². The molecule has 1 aliphatic heterocycles. The number of nitrogens with one attached hydrogen (secondary N) is 1. The highest BCUT2D eigenvalue weighted by atomic mass is 32.2. The number of Topliss-reactive ketones (excluding diaryl/α,β-unsaturated/α-hetero) is 1. The minimum Gasteiger partial charge on any atom is -0.341 e. The minimum atomic E-state index is -0.181. The van der Waals surface area contributed by atoms with E-state index < -0.39 is 0 Å². The number of nitrogens with zero attached hydrogens (tertiary/aromatic N) is 5. The van der Waals surface area contributed by atoms with Crippen molar-refractivity contribution in [3.05, 3.63) is 24.0 Å². The maximum Gasteiger partial charge on any atom is 0.233 e. The molecule has 24 heavy (non-hydrogen) atoms. The lowest BCUT2D eigenvalue weighted by Gasteiger charge is -2.31. The molecule has 1 amide bonds. The van der Waals surface area contributed by atoms with Gasteiger partial charge < -0.3 is 9.47 Å². The van der Waals surface area contributed by atoms with Crippen molar-refractivity contribution in [3.63, 3.8) is 0 Å². The average molecular weight is 348 g/mol. The zero-order chi connectivity index (χ0) is 17.1. The second-order valence-electron chi connectivity index (χ2n) is 5.90. The maximum atomic E-state index is 12.6. The topological polar surface area (TPSA) is 96.8 Å². The molecular formula is C15H20N6O2S. The largest absolute Gasteiger partial charge is 0.341 e. The summed E-state index contributed by atoms with van der Waals surface area (Å²) in [4.78, 5) is 35.1. The lowest BCUT2D eigenvalue weighted by atomic mass is 9.93. The van der Waals surface area contributed by atoms with Crippen LogP contribution < -0.4 is 0 Å². The van der Waals surface area contributed by atoms with Crippen LogP contribution in [-0.4, -0.2) is 60.2 Å². The van der Waals surface area contributed by atoms with Gasteiger partial charge in [-0.15, -0.1) is 5.10 Å². The summed E-state index contributed by atoms with van der Waals surface area (Å²) in [6.45, 7) is 2.96. The predicted molar refractivity (Wildman–Crippen MR) is 88.7 cm³/mol. The van der Waals surface area contributed by atoms with Crippen molar-refractivity contribution in [2.45, 2.75) is 24.9 Å². The summed E-state index contributed by atoms with van der Waals surface area (Å²) in [6, 6.07) is 0. The first-order valence-electron chi connectivity index (χ1n) is 7.85. The van der Waals surface area contributed by atoms with Crippen molar-refractivity contribution in [2.75, 3.05) is 18.8 Å². The summed E-state index contributed by atoms with van der Waals surface area (Å²) >= 11 is 1.31. The fourth-order valence-electron chi connectivity index (χ4n) is 2.81. The third kappa shape index (κ3) is 3.66. The van der Waals surface area contributed by atoms with Gasteiger partial charge in [-0.05, 0) is 19.8 Å². The summed E-state index contributed by atoms with van der Waals surface area (Å²) in [5, 5.41) is 7.33. The van der Waals surface area contributed by atoms with Gasteiger partial charge in [0.25, 0.3) is 0 Å². The van der Waals surface area contributed by atoms with Gasteiger partial charge in [0.15, 0.2) is 5.82 Å². The van der Waals surface area contributed by atoms with Gasteiger partial charge in [-0.3, -0.25) is 14.7 Å². The molecule has 2 aromatic rings. The normalized spacial score (nSPS) is 17.9. The second-order valence-corrected chi connectivity index (χ2v) is 6.84. The Hall–Kier alpha value is -2.16. The minimum absolute atomic E-state index is 0.0113. The molecule has 9 heteroatoms. The van der Waals surface area contributed by atoms with Crippen molar-refractivity contribution in [1.82, 2.24) is 29.6 Å². The highest BCUT2D eigenvalue weighted by molar-refractivity contribution is 7.99. The summed E-state index contributed by atoms with van der Waals surface area (Å²) < 4.78 is 1.73. The van der Waals surface area contributed by atoms with E-state index in [-0.39, 0.29) is 23.4 Å². The van der Waals surface area contributed by atoms with Crippen LogP contribution in [0.5, 0.6) is 0 Å². The molecule has 3 rings (SSSR count). The molecular weight excluding hydrogens is 328 g/mol. The van der Waals surface area contributed by atoms with Crippen molar-refractivity contribution in [2.24, 2.45) is 13.0 Å². The van der Waals surface area contributed by atoms with E-state index in [9.17, 15) is 9.59 Å². The third-order valence-corrected chi connectivity index (χ3v) is 4.92. The van der Waals surface area contributed by atoms with Gasteiger partial charge in [-0.1, -0.05) is 11.8 Å². The maximum absolute atomic E-state index is 12.6. The van der Waals surface area contributed by atoms with Crippen LogP contribution >= 0.6 is 11.8 Å². The number of imidazole rings is 1. The fourth-order valence-corrected chi connectivity index (χ4v) is 3.55.